The number of unbranched alkanes of at least 4 members (excludes halogenated alkanes) is 1. The molecule has 0 aromatic heterocycles. The molecule has 0 saturated carbocycles. The van der Waals surface area contributed by atoms with E-state index in [0.717, 1.165) is 19.8 Å². The van der Waals surface area contributed by atoms with E-state index in [4.69, 9.17) is 25.2 Å². The summed E-state index contributed by atoms with van der Waals surface area (Å²) in [7, 11) is 0. The second-order valence-corrected chi connectivity index (χ2v) is 7.74. The normalized spacial score (nSPS) is 13.2. The molecule has 0 aliphatic heterocycles. The molecule has 0 bridgehead atoms. The number of hydrogen-bond donors (Lipinski definition) is 6. The van der Waals surface area contributed by atoms with Gasteiger partial charge in [-0.1, -0.05) is 20.3 Å². The molecule has 0 aliphatic rings. The summed E-state index contributed by atoms with van der Waals surface area (Å²) in [6.07, 6.45) is -4.63. The average molecular weight is 559 g/mol. The minimum atomic E-state index is -1.77. The highest BCUT2D eigenvalue weighted by atomic mass is 16.6. The summed E-state index contributed by atoms with van der Waals surface area (Å²) in [5.74, 6) is -1.56. The lowest BCUT2D eigenvalue weighted by molar-refractivity contribution is -0.184. The van der Waals surface area contributed by atoms with E-state index in [1.54, 1.807) is 13.8 Å². The van der Waals surface area contributed by atoms with E-state index in [-0.39, 0.29) is 30.9 Å². The number of esters is 2. The summed E-state index contributed by atoms with van der Waals surface area (Å²) in [6.45, 7) is 12.1. The zero-order chi connectivity index (χ0) is 31.3. The first-order chi connectivity index (χ1) is 17.6. The highest BCUT2D eigenvalue weighted by Crippen LogP contribution is 2.13. The molecule has 0 radical (unpaired) electrons. The van der Waals surface area contributed by atoms with E-state index >= 15 is 0 Å². The van der Waals surface area contributed by atoms with Crippen LogP contribution in [0, 0.1) is 0 Å². The van der Waals surface area contributed by atoms with Gasteiger partial charge in [0.05, 0.1) is 6.61 Å². The van der Waals surface area contributed by atoms with Gasteiger partial charge in [-0.15, -0.1) is 0 Å². The Morgan fingerprint density at radius 2 is 1.26 bits per heavy atom. The van der Waals surface area contributed by atoms with Crippen LogP contribution in [0.3, 0.4) is 0 Å². The molecule has 13 nitrogen and oxygen atoms in total. The van der Waals surface area contributed by atoms with Gasteiger partial charge in [-0.05, 0) is 47.5 Å². The number of aliphatic hydroxyl groups excluding tert-OH is 6. The fraction of sp³-hybridized carbons (Fsp3) is 0.800. The molecule has 0 spiro atoms. The third-order valence-electron chi connectivity index (χ3n) is 3.50. The van der Waals surface area contributed by atoms with Crippen LogP contribution >= 0.6 is 0 Å². The van der Waals surface area contributed by atoms with Crippen LogP contribution in [0.25, 0.3) is 0 Å². The first-order valence-corrected chi connectivity index (χ1v) is 12.2. The highest BCUT2D eigenvalue weighted by molar-refractivity contribution is 5.79. The monoisotopic (exact) mass is 558 g/mol. The maximum absolute atomic E-state index is 11.4. The molecular formula is C25H50O13. The topological polar surface area (TPSA) is 225 Å². The van der Waals surface area contributed by atoms with E-state index < -0.39 is 49.1 Å². The van der Waals surface area contributed by atoms with Crippen molar-refractivity contribution in [1.29, 1.82) is 0 Å². The summed E-state index contributed by atoms with van der Waals surface area (Å²) in [4.78, 5) is 52.6. The average Bonchev–Trinajstić information content (AvgIpc) is 2.81. The van der Waals surface area contributed by atoms with Crippen molar-refractivity contribution in [2.24, 2.45) is 0 Å². The molecule has 38 heavy (non-hydrogen) atoms. The summed E-state index contributed by atoms with van der Waals surface area (Å²) >= 11 is 0. The Kier molecular flexibility index (Phi) is 39.3. The lowest BCUT2D eigenvalue weighted by atomic mass is 10.0. The van der Waals surface area contributed by atoms with E-state index in [0.29, 0.717) is 13.0 Å². The van der Waals surface area contributed by atoms with Crippen LogP contribution < -0.4 is 0 Å². The molecule has 0 amide bonds. The van der Waals surface area contributed by atoms with Crippen LogP contribution in [0.15, 0.2) is 0 Å². The van der Waals surface area contributed by atoms with Gasteiger partial charge >= 0.3 is 11.9 Å². The SMILES string of the molecule is CC(=O)C(C)O.CC(C)=O.CCCC(=O)O[C@@H]([C@H](O)[C@H](O)CO)[C@H](C=O)OC(C)=O.CCCCO.CCO. The molecule has 0 fully saturated rings. The van der Waals surface area contributed by atoms with Gasteiger partial charge in [0.1, 0.15) is 24.1 Å². The third kappa shape index (κ3) is 38.2. The van der Waals surface area contributed by atoms with Gasteiger partial charge in [0.2, 0.25) is 0 Å². The minimum Gasteiger partial charge on any atom is -0.455 e. The second-order valence-electron chi connectivity index (χ2n) is 7.74. The molecule has 1 unspecified atom stereocenters. The number of ether oxygens (including phenoxy) is 2. The van der Waals surface area contributed by atoms with Crippen molar-refractivity contribution in [2.45, 2.75) is 112 Å². The van der Waals surface area contributed by atoms with Gasteiger partial charge in [-0.2, -0.15) is 0 Å². The van der Waals surface area contributed by atoms with E-state index in [9.17, 15) is 34.2 Å². The van der Waals surface area contributed by atoms with Gasteiger partial charge in [0.25, 0.3) is 0 Å². The molecular weight excluding hydrogens is 508 g/mol. The molecule has 0 saturated heterocycles. The number of carbonyl (C=O) groups excluding carboxylic acids is 5. The van der Waals surface area contributed by atoms with Gasteiger partial charge in [-0.25, -0.2) is 0 Å². The van der Waals surface area contributed by atoms with Crippen LogP contribution in [0.5, 0.6) is 0 Å². The van der Waals surface area contributed by atoms with Crippen molar-refractivity contribution >= 4 is 29.8 Å². The van der Waals surface area contributed by atoms with Crippen molar-refractivity contribution in [3.63, 3.8) is 0 Å². The van der Waals surface area contributed by atoms with Crippen molar-refractivity contribution in [3.8, 4) is 0 Å². The Morgan fingerprint density at radius 1 is 0.842 bits per heavy atom. The smallest absolute Gasteiger partial charge is 0.306 e. The fourth-order valence-corrected chi connectivity index (χ4v) is 1.59. The predicted molar refractivity (Wildman–Crippen MR) is 139 cm³/mol. The largest absolute Gasteiger partial charge is 0.455 e. The second kappa shape index (κ2) is 32.7. The van der Waals surface area contributed by atoms with E-state index in [2.05, 4.69) is 11.7 Å². The Labute approximate surface area is 225 Å². The van der Waals surface area contributed by atoms with Crippen molar-refractivity contribution in [1.82, 2.24) is 0 Å². The molecule has 0 aromatic rings. The highest BCUT2D eigenvalue weighted by Gasteiger charge is 2.37. The zero-order valence-electron chi connectivity index (χ0n) is 24.0. The van der Waals surface area contributed by atoms with Crippen LogP contribution in [0.1, 0.15) is 81.1 Å². The number of aliphatic hydroxyl groups is 6. The third-order valence-corrected chi connectivity index (χ3v) is 3.50. The van der Waals surface area contributed by atoms with Crippen LogP contribution in [0.2, 0.25) is 0 Å². The Balaban J connectivity index is -0.000000163. The molecule has 228 valence electrons. The number of aldehydes is 1. The van der Waals surface area contributed by atoms with Gasteiger partial charge in [-0.3, -0.25) is 19.2 Å². The lowest BCUT2D eigenvalue weighted by Gasteiger charge is -2.29. The molecule has 0 aromatic carbocycles. The van der Waals surface area contributed by atoms with Gasteiger partial charge in [0, 0.05) is 26.6 Å². The van der Waals surface area contributed by atoms with Gasteiger partial charge < -0.3 is 44.9 Å². The Bertz CT molecular complexity index is 588. The summed E-state index contributed by atoms with van der Waals surface area (Å²) in [5, 5.41) is 51.8. The predicted octanol–water partition coefficient (Wildman–Crippen LogP) is -0.128. The van der Waals surface area contributed by atoms with Crippen LogP contribution in [0.4, 0.5) is 0 Å². The van der Waals surface area contributed by atoms with Crippen molar-refractivity contribution < 1.29 is 64.1 Å². The van der Waals surface area contributed by atoms with Crippen molar-refractivity contribution in [2.75, 3.05) is 19.8 Å². The maximum Gasteiger partial charge on any atom is 0.306 e. The quantitative estimate of drug-likeness (QED) is 0.136. The minimum absolute atomic E-state index is 0.0318. The van der Waals surface area contributed by atoms with Crippen molar-refractivity contribution in [3.05, 3.63) is 0 Å². The summed E-state index contributed by atoms with van der Waals surface area (Å²) < 4.78 is 9.48. The zero-order valence-corrected chi connectivity index (χ0v) is 24.0. The Hall–Kier alpha value is -2.29. The standard InChI is InChI=1S/C12H20O8.C4H8O2.C4H10O.C3H6O.C2H6O/c1-3-4-10(17)20-12(11(18)8(16)5-13)9(6-14)19-7(2)15;1-3(5)4(2)6;1-2-3-4-5;1-3(2)4;1-2-3/h6,8-9,11-13,16,18H,3-5H2,1-2H3;3,5H,1-2H3;5H,2-4H2,1H3;1-2H3;3H,2H2,1H3/t8-,9+,11-,12-;;;;/m1..../s1. The number of hydrogen-bond acceptors (Lipinski definition) is 13. The van der Waals surface area contributed by atoms with Gasteiger partial charge in [0.15, 0.2) is 24.3 Å². The van der Waals surface area contributed by atoms with Crippen LogP contribution in [-0.4, -0.2) is 111 Å². The molecule has 0 heterocycles. The number of carbonyl (C=O) groups is 5. The molecule has 0 aliphatic carbocycles. The molecule has 5 atom stereocenters. The number of rotatable bonds is 12. The maximum atomic E-state index is 11.4. The fourth-order valence-electron chi connectivity index (χ4n) is 1.59. The van der Waals surface area contributed by atoms with E-state index in [1.165, 1.54) is 27.7 Å². The Morgan fingerprint density at radius 3 is 1.47 bits per heavy atom. The summed E-state index contributed by atoms with van der Waals surface area (Å²) in [5.41, 5.74) is 0. The van der Waals surface area contributed by atoms with Crippen LogP contribution in [-0.2, 0) is 33.4 Å². The molecule has 13 heteroatoms. The molecule has 6 N–H and O–H groups in total. The lowest BCUT2D eigenvalue weighted by Crippen LogP contribution is -2.50. The number of Topliss-reactive ketones (excluding diaryl/α,β-unsaturated/α-hetero) is 2. The first kappa shape index (κ1) is 45.6. The van der Waals surface area contributed by atoms with E-state index in [1.807, 2.05) is 0 Å². The molecule has 0 rings (SSSR count). The first-order valence-electron chi connectivity index (χ1n) is 12.2. The number of ketones is 2. The summed E-state index contributed by atoms with van der Waals surface area (Å²) in [6, 6.07) is 0.